The molecule has 3 aromatic rings. The molecule has 1 N–H and O–H groups in total. The van der Waals surface area contributed by atoms with E-state index >= 15 is 0 Å². The molecule has 4 rings (SSSR count). The van der Waals surface area contributed by atoms with Crippen LogP contribution in [-0.2, 0) is 17.9 Å². The minimum absolute atomic E-state index is 0.000623. The number of fused-ring (bicyclic) bond motifs is 1. The molecule has 1 atom stereocenters. The Hall–Kier alpha value is -3.21. The average molecular weight is 446 g/mol. The van der Waals surface area contributed by atoms with Crippen molar-refractivity contribution >= 4 is 17.2 Å². The number of amides is 1. The van der Waals surface area contributed by atoms with Crippen LogP contribution in [0.4, 0.5) is 0 Å². The second-order valence-electron chi connectivity index (χ2n) is 7.90. The third-order valence-corrected chi connectivity index (χ3v) is 6.90. The standard InChI is InChI=1S/C25H27N5OS/c1-4-30-15-22(17(2)28-30)19-8-5-6-9-20(19)23-14-29(25(31)10-7-11-27-3)16-24-21(23)12-18(13-26)32-24/h5-10,12,15,23,27H,4,11,14,16H2,1-3H3/b10-7+/t23-/m0/s1. The van der Waals surface area contributed by atoms with Gasteiger partial charge in [-0.1, -0.05) is 30.3 Å². The fourth-order valence-corrected chi connectivity index (χ4v) is 5.32. The maximum absolute atomic E-state index is 12.9. The SMILES string of the molecule is CCn1cc(-c2ccccc2[C@@H]2CN(C(=O)/C=C/CNC)Cc3sc(C#N)cc32)c(C)n1. The Balaban J connectivity index is 1.78. The van der Waals surface area contributed by atoms with Crippen LogP contribution in [0.15, 0.2) is 48.7 Å². The molecular formula is C25H27N5OS. The van der Waals surface area contributed by atoms with E-state index in [1.54, 1.807) is 6.08 Å². The topological polar surface area (TPSA) is 74.0 Å². The van der Waals surface area contributed by atoms with Gasteiger partial charge in [-0.15, -0.1) is 11.3 Å². The van der Waals surface area contributed by atoms with Gasteiger partial charge in [-0.25, -0.2) is 0 Å². The van der Waals surface area contributed by atoms with Gasteiger partial charge >= 0.3 is 0 Å². The van der Waals surface area contributed by atoms with Crippen LogP contribution >= 0.6 is 11.3 Å². The molecule has 3 heterocycles. The largest absolute Gasteiger partial charge is 0.333 e. The highest BCUT2D eigenvalue weighted by atomic mass is 32.1. The van der Waals surface area contributed by atoms with Gasteiger partial charge in [0.15, 0.2) is 0 Å². The van der Waals surface area contributed by atoms with Gasteiger partial charge in [0.1, 0.15) is 10.9 Å². The minimum atomic E-state index is -0.00438. The Morgan fingerprint density at radius 2 is 2.16 bits per heavy atom. The molecule has 2 aromatic heterocycles. The molecular weight excluding hydrogens is 418 g/mol. The van der Waals surface area contributed by atoms with Gasteiger partial charge in [0.25, 0.3) is 0 Å². The average Bonchev–Trinajstić information content (AvgIpc) is 3.41. The van der Waals surface area contributed by atoms with Gasteiger partial charge in [0, 0.05) is 48.3 Å². The first kappa shape index (κ1) is 22.0. The summed E-state index contributed by atoms with van der Waals surface area (Å²) in [6.07, 6.45) is 5.58. The molecule has 1 aliphatic heterocycles. The summed E-state index contributed by atoms with van der Waals surface area (Å²) in [5.74, 6) is -0.00500. The normalized spacial score (nSPS) is 15.7. The van der Waals surface area contributed by atoms with Crippen molar-refractivity contribution in [2.45, 2.75) is 32.9 Å². The van der Waals surface area contributed by atoms with Crippen molar-refractivity contribution in [1.29, 1.82) is 5.26 Å². The summed E-state index contributed by atoms with van der Waals surface area (Å²) in [5, 5.41) is 17.2. The van der Waals surface area contributed by atoms with Crippen molar-refractivity contribution in [3.63, 3.8) is 0 Å². The van der Waals surface area contributed by atoms with Crippen LogP contribution in [-0.4, -0.2) is 40.7 Å². The molecule has 0 bridgehead atoms. The number of hydrogen-bond acceptors (Lipinski definition) is 5. The molecule has 32 heavy (non-hydrogen) atoms. The lowest BCUT2D eigenvalue weighted by Crippen LogP contribution is -2.37. The number of aromatic nitrogens is 2. The summed E-state index contributed by atoms with van der Waals surface area (Å²) in [5.41, 5.74) is 5.54. The highest BCUT2D eigenvalue weighted by molar-refractivity contribution is 7.12. The van der Waals surface area contributed by atoms with E-state index in [1.807, 2.05) is 47.8 Å². The lowest BCUT2D eigenvalue weighted by Gasteiger charge is -2.33. The summed E-state index contributed by atoms with van der Waals surface area (Å²) in [6, 6.07) is 12.6. The number of thiophene rings is 1. The number of aryl methyl sites for hydroxylation is 2. The van der Waals surface area contributed by atoms with Crippen LogP contribution in [0, 0.1) is 18.3 Å². The molecule has 0 spiro atoms. The molecule has 0 saturated carbocycles. The Morgan fingerprint density at radius 1 is 1.34 bits per heavy atom. The van der Waals surface area contributed by atoms with Crippen LogP contribution in [0.5, 0.6) is 0 Å². The smallest absolute Gasteiger partial charge is 0.246 e. The zero-order chi connectivity index (χ0) is 22.7. The lowest BCUT2D eigenvalue weighted by atomic mass is 9.84. The summed E-state index contributed by atoms with van der Waals surface area (Å²) in [6.45, 7) is 6.69. The van der Waals surface area contributed by atoms with Crippen molar-refractivity contribution in [3.8, 4) is 17.2 Å². The van der Waals surface area contributed by atoms with Crippen molar-refractivity contribution in [2.75, 3.05) is 20.1 Å². The number of hydrogen-bond donors (Lipinski definition) is 1. The van der Waals surface area contributed by atoms with Crippen molar-refractivity contribution in [2.24, 2.45) is 0 Å². The first-order chi connectivity index (χ1) is 15.5. The highest BCUT2D eigenvalue weighted by Gasteiger charge is 2.32. The van der Waals surface area contributed by atoms with Gasteiger partial charge in [-0.3, -0.25) is 9.48 Å². The van der Waals surface area contributed by atoms with Crippen LogP contribution in [0.2, 0.25) is 0 Å². The van der Waals surface area contributed by atoms with Gasteiger partial charge in [0.05, 0.1) is 12.2 Å². The molecule has 1 aliphatic rings. The van der Waals surface area contributed by atoms with Gasteiger partial charge in [-0.05, 0) is 43.7 Å². The van der Waals surface area contributed by atoms with Crippen molar-refractivity contribution < 1.29 is 4.79 Å². The van der Waals surface area contributed by atoms with E-state index in [0.29, 0.717) is 24.5 Å². The molecule has 0 saturated heterocycles. The molecule has 1 aromatic carbocycles. The Kier molecular flexibility index (Phi) is 6.54. The third kappa shape index (κ3) is 4.24. The van der Waals surface area contributed by atoms with E-state index in [0.717, 1.165) is 39.4 Å². The van der Waals surface area contributed by atoms with E-state index in [4.69, 9.17) is 0 Å². The zero-order valence-corrected chi connectivity index (χ0v) is 19.4. The summed E-state index contributed by atoms with van der Waals surface area (Å²) < 4.78 is 1.95. The Labute approximate surface area is 192 Å². The molecule has 0 radical (unpaired) electrons. The Morgan fingerprint density at radius 3 is 2.88 bits per heavy atom. The molecule has 0 aliphatic carbocycles. The monoisotopic (exact) mass is 445 g/mol. The molecule has 6 nitrogen and oxygen atoms in total. The quantitative estimate of drug-likeness (QED) is 0.581. The summed E-state index contributed by atoms with van der Waals surface area (Å²) in [4.78, 5) is 16.6. The van der Waals surface area contributed by atoms with E-state index in [-0.39, 0.29) is 11.8 Å². The van der Waals surface area contributed by atoms with Crippen LogP contribution in [0.25, 0.3) is 11.1 Å². The molecule has 1 amide bonds. The van der Waals surface area contributed by atoms with Crippen molar-refractivity contribution in [1.82, 2.24) is 20.0 Å². The summed E-state index contributed by atoms with van der Waals surface area (Å²) in [7, 11) is 1.85. The van der Waals surface area contributed by atoms with Gasteiger partial charge in [0.2, 0.25) is 5.91 Å². The Bertz CT molecular complexity index is 1200. The fourth-order valence-electron chi connectivity index (χ4n) is 4.28. The number of benzene rings is 1. The van der Waals surface area contributed by atoms with Crippen LogP contribution in [0.1, 0.15) is 39.4 Å². The predicted molar refractivity (Wildman–Crippen MR) is 127 cm³/mol. The number of rotatable bonds is 6. The van der Waals surface area contributed by atoms with Gasteiger partial charge < -0.3 is 10.2 Å². The van der Waals surface area contributed by atoms with Gasteiger partial charge in [-0.2, -0.15) is 10.4 Å². The first-order valence-corrected chi connectivity index (χ1v) is 11.6. The molecule has 164 valence electrons. The van der Waals surface area contributed by atoms with E-state index in [1.165, 1.54) is 11.3 Å². The van der Waals surface area contributed by atoms with E-state index in [2.05, 4.69) is 41.7 Å². The number of likely N-dealkylation sites (N-methyl/N-ethyl adjacent to an activating group) is 1. The second kappa shape index (κ2) is 9.51. The number of carbonyl (C=O) groups is 1. The fraction of sp³-hybridized carbons (Fsp3) is 0.320. The number of carbonyl (C=O) groups excluding carboxylic acids is 1. The number of nitriles is 1. The maximum atomic E-state index is 12.9. The third-order valence-electron chi connectivity index (χ3n) is 5.86. The number of nitrogens with one attached hydrogen (secondary N) is 1. The molecule has 0 fully saturated rings. The number of nitrogens with zero attached hydrogens (tertiary/aromatic N) is 4. The minimum Gasteiger partial charge on any atom is -0.333 e. The van der Waals surface area contributed by atoms with E-state index < -0.39 is 0 Å². The van der Waals surface area contributed by atoms with Crippen LogP contribution < -0.4 is 5.32 Å². The predicted octanol–water partition coefficient (Wildman–Crippen LogP) is 4.06. The molecule has 7 heteroatoms. The second-order valence-corrected chi connectivity index (χ2v) is 9.04. The maximum Gasteiger partial charge on any atom is 0.246 e. The zero-order valence-electron chi connectivity index (χ0n) is 18.6. The lowest BCUT2D eigenvalue weighted by molar-refractivity contribution is -0.127. The summed E-state index contributed by atoms with van der Waals surface area (Å²) >= 11 is 1.49. The first-order valence-electron chi connectivity index (χ1n) is 10.8. The van der Waals surface area contributed by atoms with Crippen LogP contribution in [0.3, 0.4) is 0 Å². The molecule has 0 unspecified atom stereocenters. The van der Waals surface area contributed by atoms with Crippen molar-refractivity contribution in [3.05, 3.63) is 75.3 Å². The highest BCUT2D eigenvalue weighted by Crippen LogP contribution is 2.42. The van der Waals surface area contributed by atoms with E-state index in [9.17, 15) is 10.1 Å².